The summed E-state index contributed by atoms with van der Waals surface area (Å²) < 4.78 is 18.7. The lowest BCUT2D eigenvalue weighted by Gasteiger charge is -2.36. The summed E-state index contributed by atoms with van der Waals surface area (Å²) in [6.45, 7) is 4.48. The number of fused-ring (bicyclic) bond motifs is 4. The first-order valence-corrected chi connectivity index (χ1v) is 13.1. The Morgan fingerprint density at radius 3 is 2.42 bits per heavy atom. The van der Waals surface area contributed by atoms with Crippen molar-refractivity contribution in [2.24, 2.45) is 0 Å². The van der Waals surface area contributed by atoms with Gasteiger partial charge in [-0.1, -0.05) is 31.1 Å². The van der Waals surface area contributed by atoms with E-state index in [2.05, 4.69) is 23.1 Å². The van der Waals surface area contributed by atoms with Crippen molar-refractivity contribution >= 4 is 11.1 Å². The number of rotatable bonds is 5. The van der Waals surface area contributed by atoms with Crippen LogP contribution in [0.5, 0.6) is 23.0 Å². The predicted octanol–water partition coefficient (Wildman–Crippen LogP) is 5.31. The smallest absolute Gasteiger partial charge is 0.150 e. The minimum absolute atomic E-state index is 0.0630. The van der Waals surface area contributed by atoms with Gasteiger partial charge in [-0.05, 0) is 62.2 Å². The maximum Gasteiger partial charge on any atom is 0.150 e. The minimum atomic E-state index is -0.337. The van der Waals surface area contributed by atoms with Crippen molar-refractivity contribution in [2.75, 3.05) is 32.8 Å². The molecule has 4 aliphatic rings. The van der Waals surface area contributed by atoms with Gasteiger partial charge in [-0.3, -0.25) is 0 Å². The molecule has 6 heteroatoms. The average molecular weight is 488 g/mol. The van der Waals surface area contributed by atoms with Crippen LogP contribution in [0.2, 0.25) is 0 Å². The lowest BCUT2D eigenvalue weighted by molar-refractivity contribution is 0.0657. The Morgan fingerprint density at radius 2 is 1.67 bits per heavy atom. The fourth-order valence-electron chi connectivity index (χ4n) is 5.67. The van der Waals surface area contributed by atoms with E-state index in [0.29, 0.717) is 18.1 Å². The summed E-state index contributed by atoms with van der Waals surface area (Å²) in [6.07, 6.45) is 12.2. The molecular formula is C30H33NO5. The van der Waals surface area contributed by atoms with Crippen LogP contribution in [-0.2, 0) is 4.74 Å². The normalized spacial score (nSPS) is 23.5. The third kappa shape index (κ3) is 4.63. The third-order valence-electron chi connectivity index (χ3n) is 7.58. The first-order valence-electron chi connectivity index (χ1n) is 13.1. The van der Waals surface area contributed by atoms with E-state index in [-0.39, 0.29) is 23.7 Å². The molecule has 3 aliphatic heterocycles. The highest BCUT2D eigenvalue weighted by atomic mass is 16.5. The van der Waals surface area contributed by atoms with Gasteiger partial charge in [0, 0.05) is 41.0 Å². The van der Waals surface area contributed by atoms with Crippen LogP contribution in [0, 0.1) is 0 Å². The molecule has 0 saturated carbocycles. The molecule has 36 heavy (non-hydrogen) atoms. The number of phenols is 2. The van der Waals surface area contributed by atoms with Gasteiger partial charge in [-0.15, -0.1) is 0 Å². The van der Waals surface area contributed by atoms with Crippen molar-refractivity contribution in [2.45, 2.75) is 44.3 Å². The van der Waals surface area contributed by atoms with E-state index in [1.807, 2.05) is 12.1 Å². The van der Waals surface area contributed by atoms with Crippen molar-refractivity contribution in [1.29, 1.82) is 0 Å². The summed E-state index contributed by atoms with van der Waals surface area (Å²) in [7, 11) is 0. The number of ether oxygens (including phenoxy) is 3. The molecule has 1 saturated heterocycles. The maximum atomic E-state index is 10.1. The quantitative estimate of drug-likeness (QED) is 0.596. The van der Waals surface area contributed by atoms with E-state index in [1.165, 1.54) is 38.8 Å². The summed E-state index contributed by atoms with van der Waals surface area (Å²) in [4.78, 5) is 2.53. The number of hydrogen-bond acceptors (Lipinski definition) is 6. The molecule has 2 atom stereocenters. The molecule has 0 spiro atoms. The van der Waals surface area contributed by atoms with E-state index >= 15 is 0 Å². The number of benzene rings is 2. The number of phenolic OH excluding ortho intramolecular Hbond substituents is 2. The van der Waals surface area contributed by atoms with Crippen molar-refractivity contribution < 1.29 is 24.4 Å². The topological polar surface area (TPSA) is 71.4 Å². The Balaban J connectivity index is 1.21. The Hall–Kier alpha value is -3.22. The van der Waals surface area contributed by atoms with Crippen LogP contribution in [-0.4, -0.2) is 60.2 Å². The van der Waals surface area contributed by atoms with E-state index in [0.717, 1.165) is 47.4 Å². The van der Waals surface area contributed by atoms with Gasteiger partial charge in [0.15, 0.2) is 0 Å². The van der Waals surface area contributed by atoms with E-state index in [9.17, 15) is 10.2 Å². The average Bonchev–Trinajstić information content (AvgIpc) is 3.17. The number of aromatic hydroxyl groups is 2. The van der Waals surface area contributed by atoms with Crippen molar-refractivity contribution in [3.05, 3.63) is 71.3 Å². The van der Waals surface area contributed by atoms with Gasteiger partial charge in [0.05, 0.1) is 12.7 Å². The molecule has 1 fully saturated rings. The van der Waals surface area contributed by atoms with Gasteiger partial charge in [-0.2, -0.15) is 0 Å². The van der Waals surface area contributed by atoms with E-state index < -0.39 is 0 Å². The highest BCUT2D eigenvalue weighted by molar-refractivity contribution is 6.00. The maximum absolute atomic E-state index is 10.1. The molecule has 1 aliphatic carbocycles. The Labute approximate surface area is 212 Å². The second-order valence-corrected chi connectivity index (χ2v) is 10.0. The third-order valence-corrected chi connectivity index (χ3v) is 7.58. The summed E-state index contributed by atoms with van der Waals surface area (Å²) in [6, 6.07) is 10.4. The fourth-order valence-corrected chi connectivity index (χ4v) is 5.67. The zero-order valence-corrected chi connectivity index (χ0v) is 20.5. The molecular weight excluding hydrogens is 454 g/mol. The molecule has 0 bridgehead atoms. The number of hydrogen-bond donors (Lipinski definition) is 2. The van der Waals surface area contributed by atoms with E-state index in [4.69, 9.17) is 14.2 Å². The predicted molar refractivity (Wildman–Crippen MR) is 139 cm³/mol. The Kier molecular flexibility index (Phi) is 6.46. The zero-order chi connectivity index (χ0) is 24.5. The van der Waals surface area contributed by atoms with Crippen LogP contribution in [0.3, 0.4) is 0 Å². The SMILES string of the molecule is Oc1ccc2c(c1)OC(C1=CCC(OCCN3CCCCCC3)C=C1)C1=C2COc2cc(O)ccc21. The van der Waals surface area contributed by atoms with Gasteiger partial charge in [0.1, 0.15) is 35.7 Å². The molecule has 6 rings (SSSR count). The Morgan fingerprint density at radius 1 is 0.917 bits per heavy atom. The molecule has 0 amide bonds. The van der Waals surface area contributed by atoms with Crippen LogP contribution in [0.15, 0.2) is 60.2 Å². The zero-order valence-electron chi connectivity index (χ0n) is 20.5. The van der Waals surface area contributed by atoms with Crippen LogP contribution >= 0.6 is 0 Å². The second kappa shape index (κ2) is 10.0. The first kappa shape index (κ1) is 23.2. The highest BCUT2D eigenvalue weighted by Gasteiger charge is 2.36. The number of likely N-dealkylation sites (tertiary alicyclic amines) is 1. The highest BCUT2D eigenvalue weighted by Crippen LogP contribution is 2.49. The van der Waals surface area contributed by atoms with Crippen LogP contribution in [0.4, 0.5) is 0 Å². The van der Waals surface area contributed by atoms with Crippen molar-refractivity contribution in [3.63, 3.8) is 0 Å². The van der Waals surface area contributed by atoms with Gasteiger partial charge in [0.25, 0.3) is 0 Å². The molecule has 0 radical (unpaired) electrons. The van der Waals surface area contributed by atoms with E-state index in [1.54, 1.807) is 24.3 Å². The van der Waals surface area contributed by atoms with Gasteiger partial charge in [0.2, 0.25) is 0 Å². The molecule has 3 heterocycles. The molecule has 0 aromatic heterocycles. The molecule has 2 unspecified atom stereocenters. The second-order valence-electron chi connectivity index (χ2n) is 10.0. The standard InChI is InChI=1S/C30H33NO5/c32-21-8-12-25-27(17-21)35-19-26-24-11-7-22(33)18-28(24)36-30(29(25)26)20-5-9-23(10-6-20)34-16-15-31-13-3-1-2-4-14-31/h5-9,11-12,17-18,23,30,32-33H,1-4,10,13-16,19H2. The van der Waals surface area contributed by atoms with Crippen molar-refractivity contribution in [3.8, 4) is 23.0 Å². The molecule has 6 nitrogen and oxygen atoms in total. The van der Waals surface area contributed by atoms with Gasteiger partial charge < -0.3 is 29.3 Å². The largest absolute Gasteiger partial charge is 0.508 e. The summed E-state index contributed by atoms with van der Waals surface area (Å²) >= 11 is 0. The monoisotopic (exact) mass is 487 g/mol. The molecule has 2 aromatic carbocycles. The first-order chi connectivity index (χ1) is 17.7. The molecule has 2 N–H and O–H groups in total. The summed E-state index contributed by atoms with van der Waals surface area (Å²) in [5.74, 6) is 1.65. The van der Waals surface area contributed by atoms with Crippen LogP contribution < -0.4 is 9.47 Å². The lowest BCUT2D eigenvalue weighted by Crippen LogP contribution is -2.31. The Bertz CT molecular complexity index is 1220. The summed E-state index contributed by atoms with van der Waals surface area (Å²) in [5.41, 5.74) is 5.00. The fraction of sp³-hybridized carbons (Fsp3) is 0.400. The van der Waals surface area contributed by atoms with Gasteiger partial charge in [-0.25, -0.2) is 0 Å². The van der Waals surface area contributed by atoms with Crippen molar-refractivity contribution in [1.82, 2.24) is 4.90 Å². The number of nitrogens with zero attached hydrogens (tertiary/aromatic N) is 1. The molecule has 188 valence electrons. The molecule has 2 aromatic rings. The lowest BCUT2D eigenvalue weighted by atomic mass is 9.82. The van der Waals surface area contributed by atoms with Crippen LogP contribution in [0.25, 0.3) is 11.1 Å². The summed E-state index contributed by atoms with van der Waals surface area (Å²) in [5, 5.41) is 20.1. The minimum Gasteiger partial charge on any atom is -0.508 e. The van der Waals surface area contributed by atoms with Gasteiger partial charge >= 0.3 is 0 Å². The van der Waals surface area contributed by atoms with Crippen LogP contribution in [0.1, 0.15) is 43.2 Å².